The van der Waals surface area contributed by atoms with Crippen molar-refractivity contribution in [2.24, 2.45) is 0 Å². The van der Waals surface area contributed by atoms with Crippen molar-refractivity contribution in [3.05, 3.63) is 54.1 Å². The molecule has 0 bridgehead atoms. The number of rotatable bonds is 7. The van der Waals surface area contributed by atoms with Gasteiger partial charge in [-0.1, -0.05) is 26.0 Å². The summed E-state index contributed by atoms with van der Waals surface area (Å²) in [5.74, 6) is 0.532. The SMILES string of the molecule is CC(C)c1ccc(NC(=O)CCNc2ccc(N3CCCC3)cc2)cc1. The fraction of sp³-hybridized carbons (Fsp3) is 0.409. The average Bonchev–Trinajstić information content (AvgIpc) is 3.17. The van der Waals surface area contributed by atoms with Gasteiger partial charge in [-0.15, -0.1) is 0 Å². The fourth-order valence-electron chi connectivity index (χ4n) is 3.26. The number of amides is 1. The lowest BCUT2D eigenvalue weighted by Crippen LogP contribution is -2.17. The molecule has 1 fully saturated rings. The van der Waals surface area contributed by atoms with E-state index in [1.807, 2.05) is 12.1 Å². The number of carbonyl (C=O) groups excluding carboxylic acids is 1. The predicted octanol–water partition coefficient (Wildman–Crippen LogP) is 4.85. The molecule has 26 heavy (non-hydrogen) atoms. The molecule has 2 aromatic carbocycles. The van der Waals surface area contributed by atoms with Crippen molar-refractivity contribution in [2.75, 3.05) is 35.2 Å². The Balaban J connectivity index is 1.41. The number of nitrogens with zero attached hydrogens (tertiary/aromatic N) is 1. The van der Waals surface area contributed by atoms with E-state index in [1.54, 1.807) is 0 Å². The maximum atomic E-state index is 12.1. The van der Waals surface area contributed by atoms with E-state index in [0.717, 1.165) is 24.5 Å². The Labute approximate surface area is 156 Å². The van der Waals surface area contributed by atoms with Crippen LogP contribution < -0.4 is 15.5 Å². The van der Waals surface area contributed by atoms with Crippen LogP contribution in [0.15, 0.2) is 48.5 Å². The van der Waals surface area contributed by atoms with Gasteiger partial charge in [-0.3, -0.25) is 4.79 Å². The van der Waals surface area contributed by atoms with E-state index < -0.39 is 0 Å². The van der Waals surface area contributed by atoms with Gasteiger partial charge in [0.15, 0.2) is 0 Å². The Morgan fingerprint density at radius 2 is 1.58 bits per heavy atom. The molecular weight excluding hydrogens is 322 g/mol. The van der Waals surface area contributed by atoms with E-state index in [9.17, 15) is 4.79 Å². The zero-order valence-corrected chi connectivity index (χ0v) is 15.8. The highest BCUT2D eigenvalue weighted by atomic mass is 16.1. The summed E-state index contributed by atoms with van der Waals surface area (Å²) in [6.45, 7) is 7.27. The van der Waals surface area contributed by atoms with E-state index in [4.69, 9.17) is 0 Å². The third-order valence-electron chi connectivity index (χ3n) is 4.88. The summed E-state index contributed by atoms with van der Waals surface area (Å²) in [5, 5.41) is 6.28. The second-order valence-corrected chi connectivity index (χ2v) is 7.24. The predicted molar refractivity (Wildman–Crippen MR) is 110 cm³/mol. The van der Waals surface area contributed by atoms with E-state index in [0.29, 0.717) is 18.9 Å². The molecule has 2 N–H and O–H groups in total. The lowest BCUT2D eigenvalue weighted by atomic mass is 10.0. The lowest BCUT2D eigenvalue weighted by molar-refractivity contribution is -0.115. The molecule has 0 radical (unpaired) electrons. The van der Waals surface area contributed by atoms with E-state index in [1.165, 1.54) is 24.1 Å². The second kappa shape index (κ2) is 8.75. The van der Waals surface area contributed by atoms with E-state index in [-0.39, 0.29) is 5.91 Å². The van der Waals surface area contributed by atoms with Crippen LogP contribution in [0, 0.1) is 0 Å². The topological polar surface area (TPSA) is 44.4 Å². The fourth-order valence-corrected chi connectivity index (χ4v) is 3.26. The van der Waals surface area contributed by atoms with Crippen LogP contribution in [-0.4, -0.2) is 25.5 Å². The Morgan fingerprint density at radius 3 is 2.19 bits per heavy atom. The van der Waals surface area contributed by atoms with Gasteiger partial charge in [0, 0.05) is 43.1 Å². The first-order chi connectivity index (χ1) is 12.6. The summed E-state index contributed by atoms with van der Waals surface area (Å²) in [7, 11) is 0. The number of anilines is 3. The zero-order chi connectivity index (χ0) is 18.4. The number of hydrogen-bond acceptors (Lipinski definition) is 3. The Hall–Kier alpha value is -2.49. The van der Waals surface area contributed by atoms with Crippen LogP contribution in [0.4, 0.5) is 17.1 Å². The monoisotopic (exact) mass is 351 g/mol. The highest BCUT2D eigenvalue weighted by Crippen LogP contribution is 2.22. The number of benzene rings is 2. The number of nitrogens with one attached hydrogen (secondary N) is 2. The lowest BCUT2D eigenvalue weighted by Gasteiger charge is -2.18. The molecule has 0 aliphatic carbocycles. The van der Waals surface area contributed by atoms with Gasteiger partial charge < -0.3 is 15.5 Å². The quantitative estimate of drug-likeness (QED) is 0.749. The molecule has 4 nitrogen and oxygen atoms in total. The minimum atomic E-state index is 0.0310. The van der Waals surface area contributed by atoms with Gasteiger partial charge in [-0.2, -0.15) is 0 Å². The Kier molecular flexibility index (Phi) is 6.16. The second-order valence-electron chi connectivity index (χ2n) is 7.24. The number of carbonyl (C=O) groups is 1. The molecule has 1 heterocycles. The maximum Gasteiger partial charge on any atom is 0.226 e. The van der Waals surface area contributed by atoms with Crippen molar-refractivity contribution in [1.29, 1.82) is 0 Å². The van der Waals surface area contributed by atoms with Crippen LogP contribution in [0.1, 0.15) is 44.6 Å². The van der Waals surface area contributed by atoms with Crippen LogP contribution in [-0.2, 0) is 4.79 Å². The van der Waals surface area contributed by atoms with Crippen molar-refractivity contribution >= 4 is 23.0 Å². The van der Waals surface area contributed by atoms with Crippen molar-refractivity contribution in [3.63, 3.8) is 0 Å². The molecule has 1 saturated heterocycles. The smallest absolute Gasteiger partial charge is 0.226 e. The third kappa shape index (κ3) is 5.01. The minimum Gasteiger partial charge on any atom is -0.385 e. The zero-order valence-electron chi connectivity index (χ0n) is 15.8. The van der Waals surface area contributed by atoms with Crippen molar-refractivity contribution in [1.82, 2.24) is 0 Å². The third-order valence-corrected chi connectivity index (χ3v) is 4.88. The van der Waals surface area contributed by atoms with E-state index in [2.05, 4.69) is 65.8 Å². The molecule has 4 heteroatoms. The molecule has 1 aliphatic heterocycles. The summed E-state index contributed by atoms with van der Waals surface area (Å²) in [6.07, 6.45) is 3.02. The maximum absolute atomic E-state index is 12.1. The van der Waals surface area contributed by atoms with Gasteiger partial charge in [0.05, 0.1) is 0 Å². The number of hydrogen-bond donors (Lipinski definition) is 2. The molecule has 138 valence electrons. The molecule has 1 aliphatic rings. The molecule has 0 unspecified atom stereocenters. The Bertz CT molecular complexity index is 701. The van der Waals surface area contributed by atoms with Gasteiger partial charge in [0.2, 0.25) is 5.91 Å². The van der Waals surface area contributed by atoms with Crippen LogP contribution in [0.25, 0.3) is 0 Å². The molecule has 1 amide bonds. The van der Waals surface area contributed by atoms with Crippen LogP contribution in [0.3, 0.4) is 0 Å². The van der Waals surface area contributed by atoms with Crippen molar-refractivity contribution in [2.45, 2.75) is 39.0 Å². The average molecular weight is 351 g/mol. The van der Waals surface area contributed by atoms with Crippen LogP contribution in [0.2, 0.25) is 0 Å². The summed E-state index contributed by atoms with van der Waals surface area (Å²) in [5.41, 5.74) is 4.48. The van der Waals surface area contributed by atoms with Gasteiger partial charge in [0.25, 0.3) is 0 Å². The van der Waals surface area contributed by atoms with E-state index >= 15 is 0 Å². The van der Waals surface area contributed by atoms with Crippen LogP contribution >= 0.6 is 0 Å². The highest BCUT2D eigenvalue weighted by Gasteiger charge is 2.11. The standard InChI is InChI=1S/C22H29N3O/c1-17(2)18-5-7-20(8-6-18)24-22(26)13-14-23-19-9-11-21(12-10-19)25-15-3-4-16-25/h5-12,17,23H,3-4,13-16H2,1-2H3,(H,24,26). The first kappa shape index (κ1) is 18.3. The van der Waals surface area contributed by atoms with Gasteiger partial charge in [0.1, 0.15) is 0 Å². The largest absolute Gasteiger partial charge is 0.385 e. The normalized spacial score (nSPS) is 13.9. The van der Waals surface area contributed by atoms with Gasteiger partial charge in [-0.05, 0) is 60.7 Å². The molecule has 3 rings (SSSR count). The first-order valence-electron chi connectivity index (χ1n) is 9.60. The molecule has 2 aromatic rings. The van der Waals surface area contributed by atoms with Gasteiger partial charge >= 0.3 is 0 Å². The molecule has 0 saturated carbocycles. The molecule has 0 aromatic heterocycles. The minimum absolute atomic E-state index is 0.0310. The van der Waals surface area contributed by atoms with Gasteiger partial charge in [-0.25, -0.2) is 0 Å². The molecular formula is C22H29N3O. The highest BCUT2D eigenvalue weighted by molar-refractivity contribution is 5.91. The summed E-state index contributed by atoms with van der Waals surface area (Å²) < 4.78 is 0. The van der Waals surface area contributed by atoms with Crippen molar-refractivity contribution in [3.8, 4) is 0 Å². The summed E-state index contributed by atoms with van der Waals surface area (Å²) in [4.78, 5) is 14.5. The first-order valence-corrected chi connectivity index (χ1v) is 9.60. The van der Waals surface area contributed by atoms with Crippen LogP contribution in [0.5, 0.6) is 0 Å². The summed E-state index contributed by atoms with van der Waals surface area (Å²) >= 11 is 0. The Morgan fingerprint density at radius 1 is 0.962 bits per heavy atom. The summed E-state index contributed by atoms with van der Waals surface area (Å²) in [6, 6.07) is 16.6. The molecule has 0 spiro atoms. The van der Waals surface area contributed by atoms with Crippen molar-refractivity contribution < 1.29 is 4.79 Å². The molecule has 0 atom stereocenters.